The summed E-state index contributed by atoms with van der Waals surface area (Å²) in [5.74, 6) is 2.53. The second-order valence-electron chi connectivity index (χ2n) is 5.30. The highest BCUT2D eigenvalue weighted by atomic mass is 16.5. The molecule has 0 spiro atoms. The number of hydrogen-bond acceptors (Lipinski definition) is 3. The molecule has 0 saturated carbocycles. The third-order valence-corrected chi connectivity index (χ3v) is 3.68. The fourth-order valence-electron chi connectivity index (χ4n) is 2.30. The monoisotopic (exact) mass is 327 g/mol. The number of nitrogens with one attached hydrogen (secondary N) is 2. The standard InChI is InChI=1S/C19H25N3O2/c1-20-19(22-14-16-7-9-17(23-2)10-8-16)21-12-11-15-5-4-6-18(13-15)24-3/h4-10,13H,11-12,14H2,1-3H3,(H2,20,21,22). The van der Waals surface area contributed by atoms with Crippen molar-refractivity contribution in [3.05, 3.63) is 59.7 Å². The Morgan fingerprint density at radius 3 is 2.33 bits per heavy atom. The third-order valence-electron chi connectivity index (χ3n) is 3.68. The molecule has 0 radical (unpaired) electrons. The zero-order valence-electron chi connectivity index (χ0n) is 14.5. The first-order chi connectivity index (χ1) is 11.7. The second kappa shape index (κ2) is 9.45. The van der Waals surface area contributed by atoms with E-state index in [1.54, 1.807) is 21.3 Å². The molecule has 0 aliphatic heterocycles. The van der Waals surface area contributed by atoms with Gasteiger partial charge in [-0.1, -0.05) is 24.3 Å². The summed E-state index contributed by atoms with van der Waals surface area (Å²) in [6.45, 7) is 1.51. The highest BCUT2D eigenvalue weighted by Crippen LogP contribution is 2.12. The third kappa shape index (κ3) is 5.50. The van der Waals surface area contributed by atoms with Gasteiger partial charge in [0, 0.05) is 20.1 Å². The van der Waals surface area contributed by atoms with Crippen LogP contribution in [0.1, 0.15) is 11.1 Å². The molecule has 2 aromatic carbocycles. The Morgan fingerprint density at radius 2 is 1.67 bits per heavy atom. The predicted octanol–water partition coefficient (Wildman–Crippen LogP) is 2.61. The Morgan fingerprint density at radius 1 is 0.917 bits per heavy atom. The minimum absolute atomic E-state index is 0.711. The summed E-state index contributed by atoms with van der Waals surface area (Å²) in [7, 11) is 5.12. The number of guanidine groups is 1. The minimum Gasteiger partial charge on any atom is -0.497 e. The highest BCUT2D eigenvalue weighted by molar-refractivity contribution is 5.79. The van der Waals surface area contributed by atoms with Gasteiger partial charge in [-0.15, -0.1) is 0 Å². The lowest BCUT2D eigenvalue weighted by Crippen LogP contribution is -2.37. The van der Waals surface area contributed by atoms with Crippen LogP contribution in [0.3, 0.4) is 0 Å². The molecule has 0 bridgehead atoms. The van der Waals surface area contributed by atoms with Crippen LogP contribution < -0.4 is 20.1 Å². The molecule has 0 amide bonds. The molecule has 2 aromatic rings. The van der Waals surface area contributed by atoms with Crippen molar-refractivity contribution in [1.82, 2.24) is 10.6 Å². The van der Waals surface area contributed by atoms with Crippen molar-refractivity contribution in [3.8, 4) is 11.5 Å². The maximum atomic E-state index is 5.24. The summed E-state index contributed by atoms with van der Waals surface area (Å²) < 4.78 is 10.4. The van der Waals surface area contributed by atoms with Crippen molar-refractivity contribution in [3.63, 3.8) is 0 Å². The van der Waals surface area contributed by atoms with Crippen LogP contribution in [0.2, 0.25) is 0 Å². The average Bonchev–Trinajstić information content (AvgIpc) is 2.65. The van der Waals surface area contributed by atoms with E-state index in [2.05, 4.69) is 27.8 Å². The molecule has 0 aromatic heterocycles. The minimum atomic E-state index is 0.711. The zero-order chi connectivity index (χ0) is 17.2. The maximum absolute atomic E-state index is 5.24. The number of ether oxygens (including phenoxy) is 2. The van der Waals surface area contributed by atoms with Crippen molar-refractivity contribution in [2.45, 2.75) is 13.0 Å². The Bertz CT molecular complexity index is 654. The van der Waals surface area contributed by atoms with E-state index in [4.69, 9.17) is 9.47 Å². The summed E-state index contributed by atoms with van der Waals surface area (Å²) in [5, 5.41) is 6.63. The van der Waals surface area contributed by atoms with Gasteiger partial charge in [0.1, 0.15) is 11.5 Å². The first kappa shape index (κ1) is 17.7. The largest absolute Gasteiger partial charge is 0.497 e. The van der Waals surface area contributed by atoms with Gasteiger partial charge in [0.05, 0.1) is 14.2 Å². The van der Waals surface area contributed by atoms with Gasteiger partial charge in [-0.3, -0.25) is 4.99 Å². The van der Waals surface area contributed by atoms with Crippen LogP contribution in [-0.2, 0) is 13.0 Å². The van der Waals surface area contributed by atoms with Gasteiger partial charge in [0.2, 0.25) is 0 Å². The Kier molecular flexibility index (Phi) is 6.95. The SMILES string of the molecule is CN=C(NCCc1cccc(OC)c1)NCc1ccc(OC)cc1. The first-order valence-corrected chi connectivity index (χ1v) is 7.95. The van der Waals surface area contributed by atoms with Gasteiger partial charge < -0.3 is 20.1 Å². The van der Waals surface area contributed by atoms with Crippen LogP contribution >= 0.6 is 0 Å². The summed E-state index contributed by atoms with van der Waals surface area (Å²) >= 11 is 0. The summed E-state index contributed by atoms with van der Waals surface area (Å²) in [6.07, 6.45) is 0.903. The molecular weight excluding hydrogens is 302 g/mol. The average molecular weight is 327 g/mol. The Hall–Kier alpha value is -2.69. The molecule has 0 aliphatic carbocycles. The van der Waals surface area contributed by atoms with Crippen molar-refractivity contribution in [1.29, 1.82) is 0 Å². The van der Waals surface area contributed by atoms with Crippen LogP contribution in [0.5, 0.6) is 11.5 Å². The van der Waals surface area contributed by atoms with Crippen LogP contribution in [0.25, 0.3) is 0 Å². The molecule has 128 valence electrons. The first-order valence-electron chi connectivity index (χ1n) is 7.95. The number of rotatable bonds is 7. The smallest absolute Gasteiger partial charge is 0.191 e. The van der Waals surface area contributed by atoms with E-state index in [1.807, 2.05) is 36.4 Å². The van der Waals surface area contributed by atoms with Gasteiger partial charge in [-0.2, -0.15) is 0 Å². The molecule has 0 aliphatic rings. The van der Waals surface area contributed by atoms with Crippen LogP contribution in [0.4, 0.5) is 0 Å². The molecule has 2 rings (SSSR count). The van der Waals surface area contributed by atoms with Gasteiger partial charge >= 0.3 is 0 Å². The number of nitrogens with zero attached hydrogens (tertiary/aromatic N) is 1. The Balaban J connectivity index is 1.77. The van der Waals surface area contributed by atoms with E-state index in [0.29, 0.717) is 6.54 Å². The van der Waals surface area contributed by atoms with Crippen LogP contribution in [0.15, 0.2) is 53.5 Å². The highest BCUT2D eigenvalue weighted by Gasteiger charge is 2.00. The Labute approximate surface area is 143 Å². The van der Waals surface area contributed by atoms with Crippen molar-refractivity contribution >= 4 is 5.96 Å². The molecule has 0 heterocycles. The van der Waals surface area contributed by atoms with Crippen molar-refractivity contribution in [2.75, 3.05) is 27.8 Å². The second-order valence-corrected chi connectivity index (χ2v) is 5.30. The van der Waals surface area contributed by atoms with E-state index in [9.17, 15) is 0 Å². The van der Waals surface area contributed by atoms with E-state index < -0.39 is 0 Å². The topological polar surface area (TPSA) is 54.9 Å². The summed E-state index contributed by atoms with van der Waals surface area (Å²) in [5.41, 5.74) is 2.40. The zero-order valence-corrected chi connectivity index (χ0v) is 14.5. The van der Waals surface area contributed by atoms with E-state index in [0.717, 1.165) is 30.4 Å². The molecule has 5 heteroatoms. The van der Waals surface area contributed by atoms with Gasteiger partial charge in [0.25, 0.3) is 0 Å². The summed E-state index contributed by atoms with van der Waals surface area (Å²) in [6, 6.07) is 16.1. The maximum Gasteiger partial charge on any atom is 0.191 e. The van der Waals surface area contributed by atoms with Crippen molar-refractivity contribution in [2.24, 2.45) is 4.99 Å². The number of aliphatic imine (C=N–C) groups is 1. The predicted molar refractivity (Wildman–Crippen MR) is 97.9 cm³/mol. The molecule has 2 N–H and O–H groups in total. The summed E-state index contributed by atoms with van der Waals surface area (Å²) in [4.78, 5) is 4.25. The number of methoxy groups -OCH3 is 2. The van der Waals surface area contributed by atoms with Gasteiger partial charge in [-0.05, 0) is 41.8 Å². The quantitative estimate of drug-likeness (QED) is 0.606. The lowest BCUT2D eigenvalue weighted by atomic mass is 10.1. The molecule has 0 unspecified atom stereocenters. The molecule has 5 nitrogen and oxygen atoms in total. The molecule has 0 atom stereocenters. The van der Waals surface area contributed by atoms with E-state index >= 15 is 0 Å². The van der Waals surface area contributed by atoms with Gasteiger partial charge in [-0.25, -0.2) is 0 Å². The lowest BCUT2D eigenvalue weighted by molar-refractivity contribution is 0.414. The van der Waals surface area contributed by atoms with Crippen molar-refractivity contribution < 1.29 is 9.47 Å². The molecule has 0 saturated heterocycles. The van der Waals surface area contributed by atoms with Gasteiger partial charge in [0.15, 0.2) is 5.96 Å². The fraction of sp³-hybridized carbons (Fsp3) is 0.316. The van der Waals surface area contributed by atoms with Crippen LogP contribution in [-0.4, -0.2) is 33.8 Å². The lowest BCUT2D eigenvalue weighted by Gasteiger charge is -2.12. The van der Waals surface area contributed by atoms with E-state index in [1.165, 1.54) is 11.1 Å². The molecular formula is C19H25N3O2. The van der Waals surface area contributed by atoms with E-state index in [-0.39, 0.29) is 0 Å². The number of benzene rings is 2. The fourth-order valence-corrected chi connectivity index (χ4v) is 2.30. The molecule has 24 heavy (non-hydrogen) atoms. The molecule has 0 fully saturated rings. The number of hydrogen-bond donors (Lipinski definition) is 2. The normalized spacial score (nSPS) is 11.0. The van der Waals surface area contributed by atoms with Crippen LogP contribution in [0, 0.1) is 0 Å².